The Bertz CT molecular complexity index is 240. The van der Waals surface area contributed by atoms with E-state index in [1.54, 1.807) is 17.8 Å². The third kappa shape index (κ3) is 1.43. The Balaban J connectivity index is 2.74. The van der Waals surface area contributed by atoms with Crippen molar-refractivity contribution in [2.75, 3.05) is 0 Å². The van der Waals surface area contributed by atoms with Gasteiger partial charge < -0.3 is 0 Å². The molecule has 3 nitrogen and oxygen atoms in total. The van der Waals surface area contributed by atoms with Crippen LogP contribution in [-0.2, 0) is 11.3 Å². The maximum atomic E-state index is 10.6. The maximum Gasteiger partial charge on any atom is 0.151 e. The van der Waals surface area contributed by atoms with E-state index in [1.807, 2.05) is 13.0 Å². The van der Waals surface area contributed by atoms with Crippen molar-refractivity contribution in [1.82, 2.24) is 9.78 Å². The van der Waals surface area contributed by atoms with Gasteiger partial charge in [-0.15, -0.1) is 0 Å². The molecule has 0 radical (unpaired) electrons. The Morgan fingerprint density at radius 2 is 2.50 bits per heavy atom. The van der Waals surface area contributed by atoms with Crippen LogP contribution in [0.2, 0.25) is 0 Å². The van der Waals surface area contributed by atoms with Crippen molar-refractivity contribution in [1.29, 1.82) is 0 Å². The summed E-state index contributed by atoms with van der Waals surface area (Å²) in [5.74, 6) is 0.131. The fraction of sp³-hybridized carbons (Fsp3) is 0.429. The van der Waals surface area contributed by atoms with Crippen molar-refractivity contribution in [3.63, 3.8) is 0 Å². The number of carbonyl (C=O) groups is 1. The second kappa shape index (κ2) is 2.64. The maximum absolute atomic E-state index is 10.6. The first kappa shape index (κ1) is 6.99. The predicted octanol–water partition coefficient (Wildman–Crippen LogP) is 0.781. The standard InChI is InChI=1S/C7H10N2O/c1-6-3-4-8-9(6)5-7(2)10/h3-4H,5H2,1-2H3. The Kier molecular flexibility index (Phi) is 1.85. The zero-order valence-corrected chi connectivity index (χ0v) is 6.16. The summed E-state index contributed by atoms with van der Waals surface area (Å²) in [7, 11) is 0. The SMILES string of the molecule is CC(=O)Cn1nccc1C. The lowest BCUT2D eigenvalue weighted by Gasteiger charge is -1.98. The zero-order valence-electron chi connectivity index (χ0n) is 6.16. The van der Waals surface area contributed by atoms with Crippen molar-refractivity contribution in [2.45, 2.75) is 20.4 Å². The van der Waals surface area contributed by atoms with Crippen molar-refractivity contribution in [2.24, 2.45) is 0 Å². The highest BCUT2D eigenvalue weighted by Crippen LogP contribution is 1.94. The molecule has 3 heteroatoms. The molecule has 1 aromatic heterocycles. The van der Waals surface area contributed by atoms with Gasteiger partial charge >= 0.3 is 0 Å². The fourth-order valence-electron chi connectivity index (χ4n) is 0.775. The second-order valence-corrected chi connectivity index (χ2v) is 2.33. The van der Waals surface area contributed by atoms with Gasteiger partial charge in [0.25, 0.3) is 0 Å². The number of aryl methyl sites for hydroxylation is 1. The molecule has 0 spiro atoms. The largest absolute Gasteiger partial charge is 0.298 e. The van der Waals surface area contributed by atoms with E-state index in [0.29, 0.717) is 6.54 Å². The van der Waals surface area contributed by atoms with Crippen molar-refractivity contribution in [3.05, 3.63) is 18.0 Å². The van der Waals surface area contributed by atoms with Gasteiger partial charge in [0.1, 0.15) is 0 Å². The van der Waals surface area contributed by atoms with E-state index in [0.717, 1.165) is 5.69 Å². The molecule has 0 saturated heterocycles. The quantitative estimate of drug-likeness (QED) is 0.605. The van der Waals surface area contributed by atoms with Crippen LogP contribution < -0.4 is 0 Å². The zero-order chi connectivity index (χ0) is 7.56. The molecule has 10 heavy (non-hydrogen) atoms. The molecule has 0 atom stereocenters. The number of nitrogens with zero attached hydrogens (tertiary/aromatic N) is 2. The number of hydrogen-bond acceptors (Lipinski definition) is 2. The molecule has 0 unspecified atom stereocenters. The monoisotopic (exact) mass is 138 g/mol. The third-order valence-electron chi connectivity index (χ3n) is 1.30. The normalized spacial score (nSPS) is 9.80. The van der Waals surface area contributed by atoms with Gasteiger partial charge in [-0.2, -0.15) is 5.10 Å². The minimum absolute atomic E-state index is 0.131. The van der Waals surface area contributed by atoms with Crippen molar-refractivity contribution in [3.8, 4) is 0 Å². The first-order valence-electron chi connectivity index (χ1n) is 3.18. The van der Waals surface area contributed by atoms with Crippen LogP contribution in [0.5, 0.6) is 0 Å². The molecule has 0 fully saturated rings. The molecule has 0 amide bonds. The summed E-state index contributed by atoms with van der Waals surface area (Å²) in [6.45, 7) is 3.87. The Morgan fingerprint density at radius 1 is 1.80 bits per heavy atom. The molecule has 0 saturated carbocycles. The molecule has 1 aromatic rings. The molecule has 0 aliphatic heterocycles. The molecule has 0 aliphatic rings. The van der Waals surface area contributed by atoms with E-state index in [-0.39, 0.29) is 5.78 Å². The summed E-state index contributed by atoms with van der Waals surface area (Å²) in [6, 6.07) is 1.88. The molecule has 0 N–H and O–H groups in total. The van der Waals surface area contributed by atoms with Crippen molar-refractivity contribution >= 4 is 5.78 Å². The van der Waals surface area contributed by atoms with E-state index < -0.39 is 0 Å². The first-order chi connectivity index (χ1) is 4.70. The van der Waals surface area contributed by atoms with Crippen LogP contribution in [0.25, 0.3) is 0 Å². The molecular weight excluding hydrogens is 128 g/mol. The number of carbonyl (C=O) groups excluding carboxylic acids is 1. The summed E-state index contributed by atoms with van der Waals surface area (Å²) in [5, 5.41) is 3.95. The van der Waals surface area contributed by atoms with Crippen LogP contribution in [0.15, 0.2) is 12.3 Å². The van der Waals surface area contributed by atoms with Crippen LogP contribution in [-0.4, -0.2) is 15.6 Å². The lowest BCUT2D eigenvalue weighted by Crippen LogP contribution is -2.08. The average molecular weight is 138 g/mol. The number of Topliss-reactive ketones (excluding diaryl/α,β-unsaturated/α-hetero) is 1. The van der Waals surface area contributed by atoms with Gasteiger partial charge in [0.2, 0.25) is 0 Å². The lowest BCUT2D eigenvalue weighted by molar-refractivity contribution is -0.117. The lowest BCUT2D eigenvalue weighted by atomic mass is 10.4. The first-order valence-corrected chi connectivity index (χ1v) is 3.18. The van der Waals surface area contributed by atoms with E-state index >= 15 is 0 Å². The number of ketones is 1. The number of rotatable bonds is 2. The highest BCUT2D eigenvalue weighted by Gasteiger charge is 1.98. The Hall–Kier alpha value is -1.12. The molecule has 54 valence electrons. The highest BCUT2D eigenvalue weighted by molar-refractivity contribution is 5.75. The van der Waals surface area contributed by atoms with E-state index in [1.165, 1.54) is 0 Å². The van der Waals surface area contributed by atoms with Gasteiger partial charge in [0, 0.05) is 11.9 Å². The van der Waals surface area contributed by atoms with Crippen LogP contribution in [0.3, 0.4) is 0 Å². The van der Waals surface area contributed by atoms with Gasteiger partial charge in [-0.1, -0.05) is 0 Å². The number of aromatic nitrogens is 2. The van der Waals surface area contributed by atoms with Gasteiger partial charge in [-0.3, -0.25) is 9.48 Å². The third-order valence-corrected chi connectivity index (χ3v) is 1.30. The second-order valence-electron chi connectivity index (χ2n) is 2.33. The molecule has 1 heterocycles. The van der Waals surface area contributed by atoms with Gasteiger partial charge in [0.05, 0.1) is 6.54 Å². The topological polar surface area (TPSA) is 34.9 Å². The summed E-state index contributed by atoms with van der Waals surface area (Å²) < 4.78 is 1.68. The summed E-state index contributed by atoms with van der Waals surface area (Å²) in [4.78, 5) is 10.6. The summed E-state index contributed by atoms with van der Waals surface area (Å²) >= 11 is 0. The van der Waals surface area contributed by atoms with E-state index in [4.69, 9.17) is 0 Å². The molecule has 1 rings (SSSR count). The van der Waals surface area contributed by atoms with Gasteiger partial charge in [0.15, 0.2) is 5.78 Å². The van der Waals surface area contributed by atoms with Crippen LogP contribution in [0.1, 0.15) is 12.6 Å². The average Bonchev–Trinajstić information content (AvgIpc) is 2.15. The summed E-state index contributed by atoms with van der Waals surface area (Å²) in [5.41, 5.74) is 1.02. The Morgan fingerprint density at radius 3 is 2.90 bits per heavy atom. The van der Waals surface area contributed by atoms with Crippen molar-refractivity contribution < 1.29 is 4.79 Å². The molecule has 0 aliphatic carbocycles. The molecule has 0 aromatic carbocycles. The van der Waals surface area contributed by atoms with Crippen LogP contribution >= 0.6 is 0 Å². The van der Waals surface area contributed by atoms with E-state index in [2.05, 4.69) is 5.10 Å². The van der Waals surface area contributed by atoms with Crippen LogP contribution in [0, 0.1) is 6.92 Å². The van der Waals surface area contributed by atoms with Crippen LogP contribution in [0.4, 0.5) is 0 Å². The predicted molar refractivity (Wildman–Crippen MR) is 37.6 cm³/mol. The fourth-order valence-corrected chi connectivity index (χ4v) is 0.775. The minimum atomic E-state index is 0.131. The summed E-state index contributed by atoms with van der Waals surface area (Å²) in [6.07, 6.45) is 1.69. The smallest absolute Gasteiger partial charge is 0.151 e. The van der Waals surface area contributed by atoms with Gasteiger partial charge in [-0.25, -0.2) is 0 Å². The molecule has 0 bridgehead atoms. The van der Waals surface area contributed by atoms with Gasteiger partial charge in [-0.05, 0) is 19.9 Å². The number of hydrogen-bond donors (Lipinski definition) is 0. The molecular formula is C7H10N2O. The highest BCUT2D eigenvalue weighted by atomic mass is 16.1. The minimum Gasteiger partial charge on any atom is -0.298 e. The van der Waals surface area contributed by atoms with E-state index in [9.17, 15) is 4.79 Å². The Labute approximate surface area is 59.7 Å².